The van der Waals surface area contributed by atoms with E-state index >= 15 is 0 Å². The Morgan fingerprint density at radius 2 is 1.86 bits per heavy atom. The highest BCUT2D eigenvalue weighted by Gasteiger charge is 2.66. The van der Waals surface area contributed by atoms with Gasteiger partial charge in [0, 0.05) is 49.8 Å². The van der Waals surface area contributed by atoms with Crippen LogP contribution in [0.4, 0.5) is 4.79 Å². The summed E-state index contributed by atoms with van der Waals surface area (Å²) in [4.78, 5) is 27.3. The second kappa shape index (κ2) is 22.1. The van der Waals surface area contributed by atoms with Crippen LogP contribution in [0.1, 0.15) is 92.6 Å². The van der Waals surface area contributed by atoms with Gasteiger partial charge in [-0.25, -0.2) is 4.79 Å². The molecule has 3 aliphatic heterocycles. The molecule has 2 aliphatic carbocycles. The van der Waals surface area contributed by atoms with Gasteiger partial charge < -0.3 is 48.2 Å². The third-order valence-electron chi connectivity index (χ3n) is 13.1. The number of aliphatic hydroxyl groups excluding tert-OH is 2. The standard InChI is InChI=1S/C50H62ClN3O11/c1-3-23-63-50-45(54(49(57)59-25-20-51)30-34-16-18-43-44(26-34)62-32-61-43)29-41(53-65-46-15-6-9-24-58-46)39-27-35(12-4-7-21-55)38(14-5-8-22-56)47(48(39)50)40-28-37(17-19-42(40)64-50)60-31-36-13-10-11-33(2)52-36/h3,10-11,13,16-19,26-28,35,38,45-48,55-56H,1,4-9,12,14-15,20-25,29-32H2,2H3/t35-,38+,45-,46?,47+,48+,50+/m0/s1. The predicted octanol–water partition coefficient (Wildman–Crippen LogP) is 8.74. The van der Waals surface area contributed by atoms with Crippen molar-refractivity contribution in [2.24, 2.45) is 22.9 Å². The first-order chi connectivity index (χ1) is 31.8. The smallest absolute Gasteiger partial charge is 0.410 e. The minimum absolute atomic E-state index is 0.0153. The molecule has 0 radical (unpaired) electrons. The molecule has 8 rings (SSSR count). The fraction of sp³-hybridized carbons (Fsp3) is 0.540. The summed E-state index contributed by atoms with van der Waals surface area (Å²) in [6, 6.07) is 16.6. The number of unbranched alkanes of at least 4 members (excludes halogenated alkanes) is 2. The number of aryl methyl sites for hydroxylation is 1. The van der Waals surface area contributed by atoms with Gasteiger partial charge >= 0.3 is 6.09 Å². The average molecular weight is 917 g/mol. The van der Waals surface area contributed by atoms with Crippen LogP contribution in [0.2, 0.25) is 0 Å². The van der Waals surface area contributed by atoms with Crippen LogP contribution in [0.5, 0.6) is 23.0 Å². The van der Waals surface area contributed by atoms with E-state index in [2.05, 4.69) is 23.7 Å². The average Bonchev–Trinajstić information content (AvgIpc) is 3.80. The Labute approximate surface area is 386 Å². The van der Waals surface area contributed by atoms with Gasteiger partial charge in [0.25, 0.3) is 0 Å². The maximum absolute atomic E-state index is 14.7. The number of ether oxygens (including phenoxy) is 7. The summed E-state index contributed by atoms with van der Waals surface area (Å²) in [6.45, 7) is 7.33. The van der Waals surface area contributed by atoms with E-state index in [0.717, 1.165) is 66.6 Å². The number of aliphatic hydroxyl groups is 2. The summed E-state index contributed by atoms with van der Waals surface area (Å²) < 4.78 is 44.3. The molecule has 2 aromatic carbocycles. The maximum atomic E-state index is 14.7. The molecule has 0 spiro atoms. The lowest BCUT2D eigenvalue weighted by molar-refractivity contribution is -0.256. The molecular formula is C50H62ClN3O11. The third-order valence-corrected chi connectivity index (χ3v) is 13.3. The number of benzene rings is 2. The first kappa shape index (κ1) is 46.7. The summed E-state index contributed by atoms with van der Waals surface area (Å²) in [5.74, 6) is 0.334. The molecule has 1 saturated carbocycles. The molecule has 2 fully saturated rings. The van der Waals surface area contributed by atoms with Gasteiger partial charge in [-0.15, -0.1) is 18.2 Å². The first-order valence-electron chi connectivity index (χ1n) is 23.1. The van der Waals surface area contributed by atoms with E-state index in [9.17, 15) is 15.0 Å². The van der Waals surface area contributed by atoms with E-state index in [1.165, 1.54) is 0 Å². The summed E-state index contributed by atoms with van der Waals surface area (Å²) in [7, 11) is 0. The zero-order valence-electron chi connectivity index (χ0n) is 37.2. The number of hydrogen-bond donors (Lipinski definition) is 2. The summed E-state index contributed by atoms with van der Waals surface area (Å²) in [5, 5.41) is 25.0. The SMILES string of the molecule is C=CCO[C@@]12Oc3ccc(OCc4cccc(C)n4)cc3[C@H]3[C@H](CCCCO)[C@@H](CCCCO)C=C(C(=NOC4CCCCO4)C[C@@H]1N(Cc1ccc4c(c1)OCO4)C(=O)OCCCl)[C@H]32. The predicted molar refractivity (Wildman–Crippen MR) is 243 cm³/mol. The van der Waals surface area contributed by atoms with Gasteiger partial charge in [0.05, 0.1) is 36.4 Å². The van der Waals surface area contributed by atoms with Crippen molar-refractivity contribution >= 4 is 23.4 Å². The normalized spacial score (nSPS) is 25.7. The van der Waals surface area contributed by atoms with E-state index in [1.807, 2.05) is 55.5 Å². The van der Waals surface area contributed by atoms with Crippen molar-refractivity contribution in [3.05, 3.63) is 101 Å². The summed E-state index contributed by atoms with van der Waals surface area (Å²) in [6.07, 6.45) is 10.2. The molecule has 15 heteroatoms. The number of carbonyl (C=O) groups excluding carboxylic acids is 1. The Hall–Kier alpha value is -4.86. The molecule has 350 valence electrons. The first-order valence-corrected chi connectivity index (χ1v) is 23.7. The minimum atomic E-state index is -1.51. The molecule has 65 heavy (non-hydrogen) atoms. The van der Waals surface area contributed by atoms with Crippen LogP contribution < -0.4 is 18.9 Å². The van der Waals surface area contributed by atoms with E-state index in [4.69, 9.17) is 54.8 Å². The number of carbonyl (C=O) groups is 1. The zero-order valence-corrected chi connectivity index (χ0v) is 38.0. The minimum Gasteiger partial charge on any atom is -0.487 e. The number of rotatable bonds is 21. The van der Waals surface area contributed by atoms with Crippen LogP contribution >= 0.6 is 11.6 Å². The molecule has 3 aromatic rings. The second-order valence-electron chi connectivity index (χ2n) is 17.4. The van der Waals surface area contributed by atoms with Crippen molar-refractivity contribution in [1.82, 2.24) is 9.88 Å². The van der Waals surface area contributed by atoms with Gasteiger partial charge in [0.1, 0.15) is 30.8 Å². The molecule has 1 aromatic heterocycles. The highest BCUT2D eigenvalue weighted by Crippen LogP contribution is 2.62. The van der Waals surface area contributed by atoms with Crippen molar-refractivity contribution in [1.29, 1.82) is 0 Å². The number of alkyl halides is 1. The molecule has 14 nitrogen and oxygen atoms in total. The number of fused-ring (bicyclic) bond motifs is 3. The largest absolute Gasteiger partial charge is 0.487 e. The number of aromatic nitrogens is 1. The van der Waals surface area contributed by atoms with Crippen molar-refractivity contribution in [2.45, 2.75) is 108 Å². The van der Waals surface area contributed by atoms with Gasteiger partial charge in [-0.3, -0.25) is 9.88 Å². The number of allylic oxidation sites excluding steroid dienone is 1. The number of hydrogen-bond acceptors (Lipinski definition) is 13. The Bertz CT molecular complexity index is 2160. The Morgan fingerprint density at radius 1 is 1.03 bits per heavy atom. The Kier molecular flexibility index (Phi) is 15.9. The Morgan fingerprint density at radius 3 is 2.65 bits per heavy atom. The van der Waals surface area contributed by atoms with Gasteiger partial charge in [-0.2, -0.15) is 0 Å². The maximum Gasteiger partial charge on any atom is 0.410 e. The molecule has 1 saturated heterocycles. The topological polar surface area (TPSA) is 160 Å². The number of nitrogens with zero attached hydrogens (tertiary/aromatic N) is 3. The highest BCUT2D eigenvalue weighted by atomic mass is 35.5. The van der Waals surface area contributed by atoms with E-state index in [-0.39, 0.29) is 76.4 Å². The monoisotopic (exact) mass is 915 g/mol. The summed E-state index contributed by atoms with van der Waals surface area (Å²) >= 11 is 6.15. The molecule has 1 amide bonds. The molecule has 2 N–H and O–H groups in total. The molecule has 7 atom stereocenters. The van der Waals surface area contributed by atoms with E-state index < -0.39 is 30.1 Å². The van der Waals surface area contributed by atoms with Crippen LogP contribution in [0.3, 0.4) is 0 Å². The highest BCUT2D eigenvalue weighted by molar-refractivity contribution is 6.18. The zero-order chi connectivity index (χ0) is 45.2. The van der Waals surface area contributed by atoms with Gasteiger partial charge in [-0.1, -0.05) is 42.3 Å². The lowest BCUT2D eigenvalue weighted by Crippen LogP contribution is -2.70. The molecule has 1 unspecified atom stereocenters. The molecule has 5 aliphatic rings. The molecular weight excluding hydrogens is 854 g/mol. The van der Waals surface area contributed by atoms with Crippen LogP contribution in [-0.2, 0) is 32.2 Å². The third kappa shape index (κ3) is 10.6. The van der Waals surface area contributed by atoms with Crippen molar-refractivity contribution in [3.63, 3.8) is 0 Å². The molecule has 4 heterocycles. The number of amides is 1. The van der Waals surface area contributed by atoms with Gasteiger partial charge in [0.2, 0.25) is 18.9 Å². The number of oxime groups is 1. The van der Waals surface area contributed by atoms with Crippen LogP contribution in [0.25, 0.3) is 0 Å². The fourth-order valence-corrected chi connectivity index (χ4v) is 10.3. The lowest BCUT2D eigenvalue weighted by Gasteiger charge is -2.59. The van der Waals surface area contributed by atoms with Gasteiger partial charge in [0.15, 0.2) is 11.5 Å². The van der Waals surface area contributed by atoms with Crippen molar-refractivity contribution < 1.29 is 53.0 Å². The van der Waals surface area contributed by atoms with E-state index in [1.54, 1.807) is 11.0 Å². The van der Waals surface area contributed by atoms with Gasteiger partial charge in [-0.05, 0) is 111 Å². The number of pyridine rings is 1. The summed E-state index contributed by atoms with van der Waals surface area (Å²) in [5.41, 5.74) is 5.00. The molecule has 0 bridgehead atoms. The number of halogens is 1. The van der Waals surface area contributed by atoms with Crippen LogP contribution in [0.15, 0.2) is 84.1 Å². The Balaban J connectivity index is 1.31. The van der Waals surface area contributed by atoms with Crippen molar-refractivity contribution in [3.8, 4) is 23.0 Å². The van der Waals surface area contributed by atoms with Crippen LogP contribution in [0, 0.1) is 24.7 Å². The van der Waals surface area contributed by atoms with Crippen molar-refractivity contribution in [2.75, 3.05) is 45.7 Å². The van der Waals surface area contributed by atoms with E-state index in [0.29, 0.717) is 54.6 Å². The quantitative estimate of drug-likeness (QED) is 0.0454. The second-order valence-corrected chi connectivity index (χ2v) is 17.7. The lowest BCUT2D eigenvalue weighted by atomic mass is 9.55. The fourth-order valence-electron chi connectivity index (χ4n) is 10.2. The van der Waals surface area contributed by atoms with Crippen LogP contribution in [-0.4, -0.2) is 95.7 Å².